The molecule has 1 atom stereocenters. The van der Waals surface area contributed by atoms with Gasteiger partial charge in [0.2, 0.25) is 10.0 Å². The fourth-order valence-electron chi connectivity index (χ4n) is 3.01. The van der Waals surface area contributed by atoms with E-state index in [-0.39, 0.29) is 16.0 Å². The van der Waals surface area contributed by atoms with Crippen LogP contribution in [0.15, 0.2) is 34.5 Å². The maximum atomic E-state index is 13.0. The lowest BCUT2D eigenvalue weighted by molar-refractivity contribution is -0.384. The first-order valence-corrected chi connectivity index (χ1v) is 10.1. The van der Waals surface area contributed by atoms with Crippen molar-refractivity contribution >= 4 is 38.6 Å². The molecule has 3 rings (SSSR count). The van der Waals surface area contributed by atoms with Crippen molar-refractivity contribution in [2.24, 2.45) is 0 Å². The molecule has 0 radical (unpaired) electrons. The topological polar surface area (TPSA) is 80.5 Å². The van der Waals surface area contributed by atoms with Gasteiger partial charge in [0, 0.05) is 17.5 Å². The Morgan fingerprint density at radius 2 is 2.17 bits per heavy atom. The van der Waals surface area contributed by atoms with Gasteiger partial charge in [-0.05, 0) is 42.0 Å². The van der Waals surface area contributed by atoms with Crippen LogP contribution in [0, 0.1) is 10.1 Å². The summed E-state index contributed by atoms with van der Waals surface area (Å²) in [6.45, 7) is 2.30. The van der Waals surface area contributed by atoms with Crippen molar-refractivity contribution in [3.05, 3.63) is 55.2 Å². The molecular formula is C15H15ClN2O4S2. The van der Waals surface area contributed by atoms with Crippen LogP contribution in [0.1, 0.15) is 29.8 Å². The van der Waals surface area contributed by atoms with Gasteiger partial charge in [-0.2, -0.15) is 4.31 Å². The Labute approximate surface area is 148 Å². The summed E-state index contributed by atoms with van der Waals surface area (Å²) < 4.78 is 27.5. The molecule has 1 aromatic carbocycles. The van der Waals surface area contributed by atoms with E-state index in [1.165, 1.54) is 21.3 Å². The summed E-state index contributed by atoms with van der Waals surface area (Å²) >= 11 is 7.42. The summed E-state index contributed by atoms with van der Waals surface area (Å²) in [5, 5.41) is 12.9. The second-order valence-electron chi connectivity index (χ2n) is 5.46. The quantitative estimate of drug-likeness (QED) is 0.587. The number of sulfonamides is 1. The number of nitro groups is 1. The molecule has 6 nitrogen and oxygen atoms in total. The maximum Gasteiger partial charge on any atom is 0.289 e. The van der Waals surface area contributed by atoms with E-state index < -0.39 is 20.6 Å². The average molecular weight is 387 g/mol. The highest BCUT2D eigenvalue weighted by Crippen LogP contribution is 2.39. The average Bonchev–Trinajstić information content (AvgIpc) is 3.02. The molecule has 9 heteroatoms. The van der Waals surface area contributed by atoms with E-state index in [1.807, 2.05) is 18.4 Å². The monoisotopic (exact) mass is 386 g/mol. The van der Waals surface area contributed by atoms with Crippen LogP contribution in [-0.4, -0.2) is 24.2 Å². The number of rotatable bonds is 4. The number of hydrogen-bond donors (Lipinski definition) is 0. The molecule has 2 heterocycles. The van der Waals surface area contributed by atoms with E-state index in [4.69, 9.17) is 11.6 Å². The molecule has 0 aliphatic carbocycles. The molecule has 1 unspecified atom stereocenters. The molecule has 0 amide bonds. The van der Waals surface area contributed by atoms with Gasteiger partial charge in [0.25, 0.3) is 5.69 Å². The number of benzene rings is 1. The smallest absolute Gasteiger partial charge is 0.258 e. The third-order valence-corrected chi connectivity index (χ3v) is 7.37. The molecule has 1 aromatic heterocycles. The predicted octanol–water partition coefficient (Wildman–Crippen LogP) is 4.01. The lowest BCUT2D eigenvalue weighted by Gasteiger charge is -2.34. The van der Waals surface area contributed by atoms with Crippen molar-refractivity contribution in [3.8, 4) is 0 Å². The van der Waals surface area contributed by atoms with Gasteiger partial charge in [-0.1, -0.05) is 18.5 Å². The standard InChI is InChI=1S/C15H15ClN2O4S2/c1-2-13-11-6-8-23-15(11)5-7-17(13)24(21,22)10-3-4-12(16)14(9-10)18(19)20/h3-4,6,8-9,13H,2,5,7H2,1H3. The highest BCUT2D eigenvalue weighted by atomic mass is 35.5. The van der Waals surface area contributed by atoms with Gasteiger partial charge in [-0.15, -0.1) is 11.3 Å². The summed E-state index contributed by atoms with van der Waals surface area (Å²) in [6.07, 6.45) is 1.29. The Morgan fingerprint density at radius 1 is 1.42 bits per heavy atom. The van der Waals surface area contributed by atoms with Gasteiger partial charge >= 0.3 is 0 Å². The minimum absolute atomic E-state index is 0.0789. The van der Waals surface area contributed by atoms with Crippen molar-refractivity contribution in [2.75, 3.05) is 6.54 Å². The van der Waals surface area contributed by atoms with Crippen molar-refractivity contribution in [1.29, 1.82) is 0 Å². The van der Waals surface area contributed by atoms with E-state index in [1.54, 1.807) is 11.3 Å². The van der Waals surface area contributed by atoms with E-state index in [0.29, 0.717) is 19.4 Å². The maximum absolute atomic E-state index is 13.0. The zero-order chi connectivity index (χ0) is 17.5. The van der Waals surface area contributed by atoms with Crippen LogP contribution in [0.5, 0.6) is 0 Å². The molecule has 0 saturated carbocycles. The SMILES string of the molecule is CCC1c2ccsc2CCN1S(=O)(=O)c1ccc(Cl)c([N+](=O)[O-])c1. The third-order valence-electron chi connectivity index (χ3n) is 4.15. The Hall–Kier alpha value is -1.48. The van der Waals surface area contributed by atoms with Crippen molar-refractivity contribution in [2.45, 2.75) is 30.7 Å². The largest absolute Gasteiger partial charge is 0.289 e. The Bertz CT molecular complexity index is 895. The van der Waals surface area contributed by atoms with Crippen LogP contribution in [0.25, 0.3) is 0 Å². The molecule has 0 N–H and O–H groups in total. The normalized spacial score (nSPS) is 18.3. The van der Waals surface area contributed by atoms with Crippen molar-refractivity contribution in [3.63, 3.8) is 0 Å². The summed E-state index contributed by atoms with van der Waals surface area (Å²) in [5.74, 6) is 0. The van der Waals surface area contributed by atoms with Gasteiger partial charge in [0.1, 0.15) is 5.02 Å². The van der Waals surface area contributed by atoms with Gasteiger partial charge in [0.15, 0.2) is 0 Å². The molecule has 0 fully saturated rings. The minimum atomic E-state index is -3.84. The molecule has 1 aliphatic heterocycles. The second-order valence-corrected chi connectivity index (χ2v) is 8.76. The summed E-state index contributed by atoms with van der Waals surface area (Å²) in [7, 11) is -3.84. The predicted molar refractivity (Wildman–Crippen MR) is 93.1 cm³/mol. The Balaban J connectivity index is 2.05. The number of halogens is 1. The van der Waals surface area contributed by atoms with E-state index in [2.05, 4.69) is 0 Å². The molecule has 128 valence electrons. The lowest BCUT2D eigenvalue weighted by Crippen LogP contribution is -2.39. The first-order valence-electron chi connectivity index (χ1n) is 7.38. The third kappa shape index (κ3) is 2.83. The molecule has 2 aromatic rings. The number of nitrogens with zero attached hydrogens (tertiary/aromatic N) is 2. The van der Waals surface area contributed by atoms with Crippen LogP contribution in [-0.2, 0) is 16.4 Å². The van der Waals surface area contributed by atoms with Crippen LogP contribution in [0.3, 0.4) is 0 Å². The Morgan fingerprint density at radius 3 is 2.83 bits per heavy atom. The van der Waals surface area contributed by atoms with Gasteiger partial charge < -0.3 is 0 Å². The number of nitro benzene ring substituents is 1. The fourth-order valence-corrected chi connectivity index (χ4v) is 5.83. The van der Waals surface area contributed by atoms with Gasteiger partial charge in [0.05, 0.1) is 15.9 Å². The van der Waals surface area contributed by atoms with Gasteiger partial charge in [-0.25, -0.2) is 8.42 Å². The Kier molecular flexibility index (Phi) is 4.65. The first-order chi connectivity index (χ1) is 11.4. The minimum Gasteiger partial charge on any atom is -0.258 e. The molecule has 1 aliphatic rings. The van der Waals surface area contributed by atoms with Crippen LogP contribution in [0.2, 0.25) is 5.02 Å². The molecule has 0 spiro atoms. The highest BCUT2D eigenvalue weighted by Gasteiger charge is 2.36. The van der Waals surface area contributed by atoms with Crippen LogP contribution in [0.4, 0.5) is 5.69 Å². The molecular weight excluding hydrogens is 372 g/mol. The fraction of sp³-hybridized carbons (Fsp3) is 0.333. The van der Waals surface area contributed by atoms with E-state index >= 15 is 0 Å². The van der Waals surface area contributed by atoms with Crippen molar-refractivity contribution in [1.82, 2.24) is 4.31 Å². The van der Waals surface area contributed by atoms with Crippen LogP contribution >= 0.6 is 22.9 Å². The highest BCUT2D eigenvalue weighted by molar-refractivity contribution is 7.89. The van der Waals surface area contributed by atoms with Crippen LogP contribution < -0.4 is 0 Å². The number of thiophene rings is 1. The first kappa shape index (κ1) is 17.3. The summed E-state index contributed by atoms with van der Waals surface area (Å²) in [6, 6.07) is 5.32. The second kappa shape index (κ2) is 6.44. The molecule has 0 saturated heterocycles. The van der Waals surface area contributed by atoms with E-state index in [0.717, 1.165) is 11.6 Å². The van der Waals surface area contributed by atoms with E-state index in [9.17, 15) is 18.5 Å². The molecule has 0 bridgehead atoms. The number of hydrogen-bond acceptors (Lipinski definition) is 5. The van der Waals surface area contributed by atoms with Gasteiger partial charge in [-0.3, -0.25) is 10.1 Å². The summed E-state index contributed by atoms with van der Waals surface area (Å²) in [4.78, 5) is 11.5. The molecule has 24 heavy (non-hydrogen) atoms. The number of fused-ring (bicyclic) bond motifs is 1. The zero-order valence-corrected chi connectivity index (χ0v) is 15.2. The zero-order valence-electron chi connectivity index (χ0n) is 12.8. The summed E-state index contributed by atoms with van der Waals surface area (Å²) in [5.41, 5.74) is 0.625. The van der Waals surface area contributed by atoms with Crippen molar-refractivity contribution < 1.29 is 13.3 Å². The lowest BCUT2D eigenvalue weighted by atomic mass is 10.0.